The molecule has 0 unspecified atom stereocenters. The van der Waals surface area contributed by atoms with Crippen LogP contribution < -0.4 is 16.0 Å². The van der Waals surface area contributed by atoms with Gasteiger partial charge in [-0.1, -0.05) is 0 Å². The van der Waals surface area contributed by atoms with E-state index in [1.54, 1.807) is 12.1 Å². The lowest BCUT2D eigenvalue weighted by molar-refractivity contribution is -0.119. The van der Waals surface area contributed by atoms with Gasteiger partial charge in [-0.15, -0.1) is 10.2 Å². The Hall–Kier alpha value is -2.18. The smallest absolute Gasteiger partial charge is 0.271 e. The first kappa shape index (κ1) is 13.9. The normalized spacial score (nSPS) is 9.67. The number of carbonyl (C=O) groups excluding carboxylic acids is 2. The number of amides is 2. The maximum Gasteiger partial charge on any atom is 0.271 e. The van der Waals surface area contributed by atoms with Crippen LogP contribution >= 0.6 is 0 Å². The van der Waals surface area contributed by atoms with Crippen LogP contribution in [-0.4, -0.2) is 41.6 Å². The molecule has 1 aromatic heterocycles. The summed E-state index contributed by atoms with van der Waals surface area (Å²) in [6.07, 6.45) is 0. The first-order chi connectivity index (χ1) is 8.67. The Morgan fingerprint density at radius 2 is 1.83 bits per heavy atom. The number of aromatic nitrogens is 2. The van der Waals surface area contributed by atoms with Crippen molar-refractivity contribution in [2.75, 3.05) is 25.0 Å². The number of rotatable bonds is 6. The molecule has 1 rings (SSSR count). The van der Waals surface area contributed by atoms with Gasteiger partial charge in [0.2, 0.25) is 5.91 Å². The van der Waals surface area contributed by atoms with Crippen LogP contribution in [0.15, 0.2) is 12.1 Å². The highest BCUT2D eigenvalue weighted by Gasteiger charge is 2.06. The first-order valence-corrected chi connectivity index (χ1v) is 5.79. The number of carbonyl (C=O) groups is 2. The van der Waals surface area contributed by atoms with Crippen molar-refractivity contribution in [2.24, 2.45) is 0 Å². The van der Waals surface area contributed by atoms with E-state index < -0.39 is 0 Å². The van der Waals surface area contributed by atoms with Crippen molar-refractivity contribution in [1.82, 2.24) is 20.8 Å². The monoisotopic (exact) mass is 251 g/mol. The molecule has 0 saturated carbocycles. The second-order valence-electron chi connectivity index (χ2n) is 3.47. The van der Waals surface area contributed by atoms with Crippen molar-refractivity contribution in [3.05, 3.63) is 17.8 Å². The van der Waals surface area contributed by atoms with Gasteiger partial charge in [0, 0.05) is 13.1 Å². The van der Waals surface area contributed by atoms with Crippen LogP contribution in [0, 0.1) is 0 Å². The summed E-state index contributed by atoms with van der Waals surface area (Å²) in [6.45, 7) is 4.93. The molecular formula is C11H17N5O2. The predicted molar refractivity (Wildman–Crippen MR) is 67.2 cm³/mol. The molecular weight excluding hydrogens is 234 g/mol. The molecule has 7 nitrogen and oxygen atoms in total. The van der Waals surface area contributed by atoms with Crippen LogP contribution in [0.5, 0.6) is 0 Å². The van der Waals surface area contributed by atoms with Gasteiger partial charge >= 0.3 is 0 Å². The molecule has 0 aliphatic rings. The summed E-state index contributed by atoms with van der Waals surface area (Å²) in [4.78, 5) is 22.6. The lowest BCUT2D eigenvalue weighted by Gasteiger charge is -2.05. The molecule has 2 amide bonds. The van der Waals surface area contributed by atoms with E-state index in [9.17, 15) is 9.59 Å². The van der Waals surface area contributed by atoms with Crippen molar-refractivity contribution in [2.45, 2.75) is 13.8 Å². The molecule has 0 aliphatic heterocycles. The molecule has 98 valence electrons. The minimum Gasteiger partial charge on any atom is -0.360 e. The van der Waals surface area contributed by atoms with Crippen molar-refractivity contribution >= 4 is 17.6 Å². The van der Waals surface area contributed by atoms with Crippen molar-refractivity contribution in [3.8, 4) is 0 Å². The molecule has 0 atom stereocenters. The fourth-order valence-corrected chi connectivity index (χ4v) is 1.23. The minimum atomic E-state index is -0.264. The van der Waals surface area contributed by atoms with Crippen LogP contribution in [0.4, 0.5) is 5.82 Å². The summed E-state index contributed by atoms with van der Waals surface area (Å²) in [5.41, 5.74) is 0.250. The van der Waals surface area contributed by atoms with Gasteiger partial charge in [0.15, 0.2) is 5.69 Å². The highest BCUT2D eigenvalue weighted by atomic mass is 16.2. The van der Waals surface area contributed by atoms with Gasteiger partial charge in [-0.25, -0.2) is 0 Å². The molecule has 0 aromatic carbocycles. The van der Waals surface area contributed by atoms with Crippen LogP contribution in [-0.2, 0) is 4.79 Å². The maximum atomic E-state index is 11.4. The van der Waals surface area contributed by atoms with E-state index in [0.29, 0.717) is 18.9 Å². The van der Waals surface area contributed by atoms with Crippen LogP contribution in [0.2, 0.25) is 0 Å². The van der Waals surface area contributed by atoms with E-state index in [-0.39, 0.29) is 24.1 Å². The highest BCUT2D eigenvalue weighted by Crippen LogP contribution is 2.01. The average molecular weight is 251 g/mol. The predicted octanol–water partition coefficient (Wildman–Crippen LogP) is -0.226. The van der Waals surface area contributed by atoms with Crippen molar-refractivity contribution in [1.29, 1.82) is 0 Å². The van der Waals surface area contributed by atoms with Crippen LogP contribution in [0.25, 0.3) is 0 Å². The average Bonchev–Trinajstić information content (AvgIpc) is 2.37. The minimum absolute atomic E-state index is 0.118. The zero-order valence-electron chi connectivity index (χ0n) is 10.5. The van der Waals surface area contributed by atoms with E-state index in [2.05, 4.69) is 26.1 Å². The summed E-state index contributed by atoms with van der Waals surface area (Å²) < 4.78 is 0. The largest absolute Gasteiger partial charge is 0.360 e. The molecule has 0 saturated heterocycles. The molecule has 0 bridgehead atoms. The Morgan fingerprint density at radius 1 is 1.11 bits per heavy atom. The molecule has 18 heavy (non-hydrogen) atoms. The number of hydrogen-bond donors (Lipinski definition) is 3. The van der Waals surface area contributed by atoms with Crippen LogP contribution in [0.3, 0.4) is 0 Å². The molecule has 1 heterocycles. The van der Waals surface area contributed by atoms with E-state index in [4.69, 9.17) is 0 Å². The third-order valence-corrected chi connectivity index (χ3v) is 2.04. The van der Waals surface area contributed by atoms with Gasteiger partial charge in [0.1, 0.15) is 5.82 Å². The Bertz CT molecular complexity index is 404. The number of nitrogens with zero attached hydrogens (tertiary/aromatic N) is 2. The van der Waals surface area contributed by atoms with Crippen molar-refractivity contribution in [3.63, 3.8) is 0 Å². The van der Waals surface area contributed by atoms with Gasteiger partial charge in [0.25, 0.3) is 5.91 Å². The fourth-order valence-electron chi connectivity index (χ4n) is 1.23. The van der Waals surface area contributed by atoms with Crippen LogP contribution in [0.1, 0.15) is 24.3 Å². The zero-order valence-corrected chi connectivity index (χ0v) is 10.5. The van der Waals surface area contributed by atoms with Gasteiger partial charge < -0.3 is 16.0 Å². The standard InChI is InChI=1S/C11H17N5O2/c1-3-12-10(17)7-14-9-6-5-8(15-16-9)11(18)13-4-2/h5-6H,3-4,7H2,1-2H3,(H,12,17)(H,13,18)(H,14,16). The number of likely N-dealkylation sites (N-methyl/N-ethyl adjacent to an activating group) is 1. The maximum absolute atomic E-state index is 11.4. The van der Waals surface area contributed by atoms with E-state index in [1.165, 1.54) is 0 Å². The first-order valence-electron chi connectivity index (χ1n) is 5.79. The van der Waals surface area contributed by atoms with Gasteiger partial charge in [-0.2, -0.15) is 0 Å². The summed E-state index contributed by atoms with van der Waals surface area (Å²) in [6, 6.07) is 3.16. The molecule has 0 fully saturated rings. The summed E-state index contributed by atoms with van der Waals surface area (Å²) in [7, 11) is 0. The lowest BCUT2D eigenvalue weighted by atomic mass is 10.3. The third-order valence-electron chi connectivity index (χ3n) is 2.04. The van der Waals surface area contributed by atoms with Gasteiger partial charge in [0.05, 0.1) is 6.54 Å². The second-order valence-corrected chi connectivity index (χ2v) is 3.47. The topological polar surface area (TPSA) is 96.0 Å². The zero-order chi connectivity index (χ0) is 13.4. The molecule has 0 spiro atoms. The summed E-state index contributed by atoms with van der Waals surface area (Å²) in [5.74, 6) is 0.0710. The molecule has 1 aromatic rings. The lowest BCUT2D eigenvalue weighted by Crippen LogP contribution is -2.29. The van der Waals surface area contributed by atoms with Crippen molar-refractivity contribution < 1.29 is 9.59 Å². The molecule has 0 radical (unpaired) electrons. The Kier molecular flexibility index (Phi) is 5.56. The Balaban J connectivity index is 2.50. The molecule has 3 N–H and O–H groups in total. The van der Waals surface area contributed by atoms with E-state index >= 15 is 0 Å². The number of anilines is 1. The molecule has 7 heteroatoms. The fraction of sp³-hybridized carbons (Fsp3) is 0.455. The van der Waals surface area contributed by atoms with Gasteiger partial charge in [-0.3, -0.25) is 9.59 Å². The number of nitrogens with one attached hydrogen (secondary N) is 3. The third kappa shape index (κ3) is 4.36. The summed E-state index contributed by atoms with van der Waals surface area (Å²) >= 11 is 0. The molecule has 0 aliphatic carbocycles. The second kappa shape index (κ2) is 7.21. The Morgan fingerprint density at radius 3 is 2.39 bits per heavy atom. The van der Waals surface area contributed by atoms with E-state index in [0.717, 1.165) is 0 Å². The SMILES string of the molecule is CCNC(=O)CNc1ccc(C(=O)NCC)nn1. The van der Waals surface area contributed by atoms with E-state index in [1.807, 2.05) is 13.8 Å². The summed E-state index contributed by atoms with van der Waals surface area (Å²) in [5, 5.41) is 15.7. The van der Waals surface area contributed by atoms with Gasteiger partial charge in [-0.05, 0) is 26.0 Å². The Labute approximate surface area is 105 Å². The quantitative estimate of drug-likeness (QED) is 0.649. The number of hydrogen-bond acceptors (Lipinski definition) is 5. The highest BCUT2D eigenvalue weighted by molar-refractivity contribution is 5.92.